The Morgan fingerprint density at radius 2 is 2.00 bits per heavy atom. The molecule has 1 saturated carbocycles. The highest BCUT2D eigenvalue weighted by Gasteiger charge is 2.55. The van der Waals surface area contributed by atoms with Crippen LogP contribution in [0.1, 0.15) is 94.5 Å². The molecule has 1 saturated heterocycles. The van der Waals surface area contributed by atoms with Crippen molar-refractivity contribution in [3.63, 3.8) is 0 Å². The zero-order chi connectivity index (χ0) is 42.5. The predicted molar refractivity (Wildman–Crippen MR) is 229 cm³/mol. The van der Waals surface area contributed by atoms with E-state index in [0.29, 0.717) is 37.4 Å². The normalized spacial score (nSPS) is 24.8. The van der Waals surface area contributed by atoms with E-state index >= 15 is 0 Å². The molecule has 1 aromatic carbocycles. The summed E-state index contributed by atoms with van der Waals surface area (Å²) in [6.45, 7) is 13.7. The lowest BCUT2D eigenvalue weighted by molar-refractivity contribution is -0.156. The number of methoxy groups -OCH3 is 1. The summed E-state index contributed by atoms with van der Waals surface area (Å²) in [4.78, 5) is 52.8. The fourth-order valence-electron chi connectivity index (χ4n) is 9.12. The van der Waals surface area contributed by atoms with Gasteiger partial charge in [0.1, 0.15) is 23.2 Å². The second kappa shape index (κ2) is 16.8. The van der Waals surface area contributed by atoms with Gasteiger partial charge in [0.15, 0.2) is 0 Å². The van der Waals surface area contributed by atoms with Gasteiger partial charge < -0.3 is 24.1 Å². The zero-order valence-corrected chi connectivity index (χ0v) is 36.5. The van der Waals surface area contributed by atoms with Crippen LogP contribution in [0.25, 0.3) is 33.4 Å². The number of benzene rings is 1. The van der Waals surface area contributed by atoms with E-state index in [2.05, 4.69) is 65.4 Å². The van der Waals surface area contributed by atoms with E-state index < -0.39 is 35.5 Å². The van der Waals surface area contributed by atoms with Crippen molar-refractivity contribution in [3.8, 4) is 22.5 Å². The van der Waals surface area contributed by atoms with Gasteiger partial charge in [-0.2, -0.15) is 5.10 Å². The Hall–Kier alpha value is -4.96. The highest BCUT2D eigenvalue weighted by Crippen LogP contribution is 2.53. The number of hydrogen-bond donors (Lipinski definition) is 2. The topological polar surface area (TPSA) is 155 Å². The summed E-state index contributed by atoms with van der Waals surface area (Å²) in [5.74, 6) is -1.47. The van der Waals surface area contributed by atoms with Crippen LogP contribution in [0.3, 0.4) is 0 Å². The van der Waals surface area contributed by atoms with Gasteiger partial charge in [-0.3, -0.25) is 29.1 Å². The Balaban J connectivity index is 1.25. The summed E-state index contributed by atoms with van der Waals surface area (Å²) >= 11 is 1.40. The van der Waals surface area contributed by atoms with E-state index in [1.165, 1.54) is 16.3 Å². The molecule has 15 heteroatoms. The molecule has 0 unspecified atom stereocenters. The van der Waals surface area contributed by atoms with Gasteiger partial charge in [0, 0.05) is 90.9 Å². The SMILES string of the molecule is CCO[C@@H]1c2nc(cs2)-c2ccc3c(c2)c(c(-c2cccnc2[C@H](C)OC)n3CC)CC(C)(C)COC(=O)[C@@H]2CCCN(N2)C(=O)[C@H]1NC(=O)[C@H]1[C@H](C)[C@@H]1c1ccn(C)n1. The van der Waals surface area contributed by atoms with Crippen molar-refractivity contribution in [1.82, 2.24) is 40.1 Å². The minimum atomic E-state index is -1.13. The van der Waals surface area contributed by atoms with E-state index in [4.69, 9.17) is 24.2 Å². The number of nitrogens with one attached hydrogen (secondary N) is 2. The monoisotopic (exact) mass is 836 g/mol. The summed E-state index contributed by atoms with van der Waals surface area (Å²) in [6.07, 6.45) is 4.18. The number of rotatable bonds is 9. The number of nitrogens with zero attached hydrogens (tertiary/aromatic N) is 6. The molecule has 2 N–H and O–H groups in total. The second-order valence-corrected chi connectivity index (χ2v) is 18.0. The van der Waals surface area contributed by atoms with Gasteiger partial charge in [-0.05, 0) is 81.8 Å². The van der Waals surface area contributed by atoms with Crippen LogP contribution in [0.15, 0.2) is 54.2 Å². The lowest BCUT2D eigenvalue weighted by Crippen LogP contribution is -2.61. The zero-order valence-electron chi connectivity index (χ0n) is 35.7. The first-order valence-electron chi connectivity index (χ1n) is 21.1. The van der Waals surface area contributed by atoms with E-state index in [0.717, 1.165) is 50.4 Å². The number of hydrogen-bond acceptors (Lipinski definition) is 11. The lowest BCUT2D eigenvalue weighted by Gasteiger charge is -2.37. The Bertz CT molecular complexity index is 2400. The molecule has 2 amide bonds. The van der Waals surface area contributed by atoms with Crippen molar-refractivity contribution in [3.05, 3.63) is 76.1 Å². The van der Waals surface area contributed by atoms with Crippen molar-refractivity contribution in [2.24, 2.45) is 24.3 Å². The van der Waals surface area contributed by atoms with Crippen LogP contribution in [0, 0.1) is 17.3 Å². The van der Waals surface area contributed by atoms with E-state index in [1.54, 1.807) is 18.0 Å². The van der Waals surface area contributed by atoms with Crippen LogP contribution >= 0.6 is 11.3 Å². The largest absolute Gasteiger partial charge is 0.464 e. The Morgan fingerprint density at radius 3 is 2.73 bits per heavy atom. The number of carbonyl (C=O) groups is 3. The Morgan fingerprint density at radius 1 is 1.18 bits per heavy atom. The van der Waals surface area contributed by atoms with Gasteiger partial charge >= 0.3 is 5.97 Å². The minimum Gasteiger partial charge on any atom is -0.464 e. The lowest BCUT2D eigenvalue weighted by atomic mass is 9.84. The third-order valence-corrected chi connectivity index (χ3v) is 13.3. The number of aryl methyl sites for hydroxylation is 2. The number of hydrazine groups is 1. The van der Waals surface area contributed by atoms with Gasteiger partial charge in [-0.15, -0.1) is 11.3 Å². The number of ether oxygens (including phenoxy) is 3. The van der Waals surface area contributed by atoms with Gasteiger partial charge in [0.25, 0.3) is 5.91 Å². The molecule has 6 heterocycles. The van der Waals surface area contributed by atoms with E-state index in [-0.39, 0.29) is 43.0 Å². The molecule has 7 atom stereocenters. The third-order valence-electron chi connectivity index (χ3n) is 12.3. The highest BCUT2D eigenvalue weighted by atomic mass is 32.1. The summed E-state index contributed by atoms with van der Waals surface area (Å²) in [6, 6.07) is 10.5. The van der Waals surface area contributed by atoms with Crippen LogP contribution < -0.4 is 10.7 Å². The summed E-state index contributed by atoms with van der Waals surface area (Å²) in [5, 5.41) is 12.8. The molecule has 4 aromatic heterocycles. The number of aromatic nitrogens is 5. The van der Waals surface area contributed by atoms with Crippen molar-refractivity contribution < 1.29 is 28.6 Å². The van der Waals surface area contributed by atoms with E-state index in [1.807, 2.05) is 51.5 Å². The number of carbonyl (C=O) groups excluding carboxylic acids is 3. The number of fused-ring (bicyclic) bond motifs is 6. The van der Waals surface area contributed by atoms with E-state index in [9.17, 15) is 14.4 Å². The number of thiazole rings is 1. The molecule has 2 aliphatic heterocycles. The Labute approximate surface area is 355 Å². The summed E-state index contributed by atoms with van der Waals surface area (Å²) in [7, 11) is 3.55. The molecule has 0 spiro atoms. The van der Waals surface area contributed by atoms with Gasteiger partial charge in [0.05, 0.1) is 35.5 Å². The smallest absolute Gasteiger partial charge is 0.324 e. The molecule has 5 aromatic rings. The second-order valence-electron chi connectivity index (χ2n) is 17.1. The maximum absolute atomic E-state index is 14.7. The molecule has 2 fully saturated rings. The van der Waals surface area contributed by atoms with Crippen LogP contribution in [0.5, 0.6) is 0 Å². The Kier molecular flexibility index (Phi) is 11.7. The highest BCUT2D eigenvalue weighted by molar-refractivity contribution is 7.10. The minimum absolute atomic E-state index is 0.0405. The van der Waals surface area contributed by atoms with Crippen LogP contribution in [-0.4, -0.2) is 86.1 Å². The fraction of sp³-hybridized carbons (Fsp3) is 0.511. The van der Waals surface area contributed by atoms with Crippen molar-refractivity contribution >= 4 is 40.0 Å². The number of amides is 2. The van der Waals surface area contributed by atoms with Crippen molar-refractivity contribution in [2.75, 3.05) is 26.9 Å². The average Bonchev–Trinajstić information content (AvgIpc) is 3.59. The molecule has 0 radical (unpaired) electrons. The van der Waals surface area contributed by atoms with Crippen molar-refractivity contribution in [1.29, 1.82) is 0 Å². The molecule has 8 rings (SSSR count). The first-order valence-corrected chi connectivity index (χ1v) is 22.0. The quantitative estimate of drug-likeness (QED) is 0.157. The van der Waals surface area contributed by atoms with Crippen molar-refractivity contribution in [2.45, 2.75) is 97.6 Å². The fourth-order valence-corrected chi connectivity index (χ4v) is 10.0. The molecule has 6 bridgehead atoms. The molecular weight excluding hydrogens is 781 g/mol. The number of pyridine rings is 1. The molecule has 1 aliphatic carbocycles. The average molecular weight is 837 g/mol. The maximum Gasteiger partial charge on any atom is 0.324 e. The molecule has 60 heavy (non-hydrogen) atoms. The maximum atomic E-state index is 14.7. The molecule has 14 nitrogen and oxygen atoms in total. The molecule has 318 valence electrons. The predicted octanol–water partition coefficient (Wildman–Crippen LogP) is 6.52. The summed E-state index contributed by atoms with van der Waals surface area (Å²) < 4.78 is 22.4. The molecule has 3 aliphatic rings. The van der Waals surface area contributed by atoms with Crippen LogP contribution in [0.4, 0.5) is 0 Å². The number of cyclic esters (lactones) is 1. The first-order chi connectivity index (χ1) is 28.8. The van der Waals surface area contributed by atoms with Gasteiger partial charge in [0.2, 0.25) is 5.91 Å². The first kappa shape index (κ1) is 41.8. The standard InChI is InChI=1S/C45H56N8O6S/c1-9-52-34-16-15-27-21-29(34)30(39(52)28-13-11-18-46-37(28)26(4)57-8)22-45(5,6)24-59-44(56)32-14-12-19-53(50-32)43(55)38(40(58-10-2)42-47-33(27)23-60-42)48-41(54)36-25(3)35(36)31-17-20-51(7)49-31/h11,13,15-18,20-21,23,25-26,32,35-36,38,40,50H,9-10,12,14,19,22,24H2,1-8H3,(H,48,54)/t25-,26+,32+,35-,36+,38+,40+/m1/s1. The third kappa shape index (κ3) is 7.88. The van der Waals surface area contributed by atoms with Gasteiger partial charge in [-0.25, -0.2) is 10.4 Å². The van der Waals surface area contributed by atoms with Crippen LogP contribution in [-0.2, 0) is 48.6 Å². The molecular formula is C45H56N8O6S. The van der Waals surface area contributed by atoms with Crippen LogP contribution in [0.2, 0.25) is 0 Å². The van der Waals surface area contributed by atoms with Gasteiger partial charge in [-0.1, -0.05) is 26.8 Å². The number of esters is 1. The summed E-state index contributed by atoms with van der Waals surface area (Å²) in [5.41, 5.74) is 10.2.